The van der Waals surface area contributed by atoms with Crippen molar-refractivity contribution in [3.05, 3.63) is 24.3 Å². The minimum absolute atomic E-state index is 0.334. The van der Waals surface area contributed by atoms with Gasteiger partial charge < -0.3 is 9.84 Å². The van der Waals surface area contributed by atoms with Crippen LogP contribution >= 0.6 is 0 Å². The van der Waals surface area contributed by atoms with Gasteiger partial charge in [0, 0.05) is 0 Å². The van der Waals surface area contributed by atoms with E-state index in [0.717, 1.165) is 32.1 Å². The van der Waals surface area contributed by atoms with Crippen LogP contribution in [0.3, 0.4) is 0 Å². The average Bonchev–Trinajstić information content (AvgIpc) is 2.57. The molecule has 4 nitrogen and oxygen atoms in total. The summed E-state index contributed by atoms with van der Waals surface area (Å²) in [4.78, 5) is 21.3. The number of aliphatic carboxylic acids is 1. The van der Waals surface area contributed by atoms with Crippen LogP contribution < -0.4 is 0 Å². The number of rotatable bonds is 17. The van der Waals surface area contributed by atoms with Crippen molar-refractivity contribution in [2.75, 3.05) is 6.61 Å². The highest BCUT2D eigenvalue weighted by molar-refractivity contribution is 5.90. The molecule has 0 saturated heterocycles. The SMILES string of the molecule is CCCCC/C=C\C/C=C\CCCCCCCCOC(=O)CC(=O)O. The van der Waals surface area contributed by atoms with Crippen molar-refractivity contribution in [2.45, 2.75) is 90.4 Å². The van der Waals surface area contributed by atoms with Crippen LogP contribution in [-0.4, -0.2) is 23.7 Å². The molecule has 0 aliphatic rings. The predicted molar refractivity (Wildman–Crippen MR) is 103 cm³/mol. The lowest BCUT2D eigenvalue weighted by atomic mass is 10.1. The number of hydrogen-bond acceptors (Lipinski definition) is 3. The van der Waals surface area contributed by atoms with E-state index in [1.54, 1.807) is 0 Å². The Balaban J connectivity index is 3.24. The van der Waals surface area contributed by atoms with E-state index in [4.69, 9.17) is 9.84 Å². The Labute approximate surface area is 153 Å². The Morgan fingerprint density at radius 1 is 0.800 bits per heavy atom. The zero-order valence-electron chi connectivity index (χ0n) is 15.9. The molecule has 0 heterocycles. The highest BCUT2D eigenvalue weighted by Gasteiger charge is 2.07. The molecule has 0 atom stereocenters. The van der Waals surface area contributed by atoms with Gasteiger partial charge in [0.15, 0.2) is 0 Å². The van der Waals surface area contributed by atoms with Gasteiger partial charge in [-0.25, -0.2) is 0 Å². The summed E-state index contributed by atoms with van der Waals surface area (Å²) in [6, 6.07) is 0. The van der Waals surface area contributed by atoms with E-state index < -0.39 is 18.4 Å². The maximum atomic E-state index is 11.0. The van der Waals surface area contributed by atoms with Gasteiger partial charge in [-0.05, 0) is 38.5 Å². The third-order valence-electron chi connectivity index (χ3n) is 3.90. The van der Waals surface area contributed by atoms with Gasteiger partial charge in [0.05, 0.1) is 6.61 Å². The van der Waals surface area contributed by atoms with Crippen molar-refractivity contribution in [3.63, 3.8) is 0 Å². The quantitative estimate of drug-likeness (QED) is 0.155. The van der Waals surface area contributed by atoms with Gasteiger partial charge in [-0.2, -0.15) is 0 Å². The maximum Gasteiger partial charge on any atom is 0.317 e. The van der Waals surface area contributed by atoms with Crippen LogP contribution in [0.15, 0.2) is 24.3 Å². The molecule has 1 N–H and O–H groups in total. The van der Waals surface area contributed by atoms with Gasteiger partial charge >= 0.3 is 11.9 Å². The van der Waals surface area contributed by atoms with Crippen LogP contribution in [0, 0.1) is 0 Å². The smallest absolute Gasteiger partial charge is 0.317 e. The van der Waals surface area contributed by atoms with Gasteiger partial charge in [-0.3, -0.25) is 9.59 Å². The monoisotopic (exact) mass is 352 g/mol. The maximum absolute atomic E-state index is 11.0. The number of carboxylic acid groups (broad SMARTS) is 1. The summed E-state index contributed by atoms with van der Waals surface area (Å²) in [5.74, 6) is -1.78. The summed E-state index contributed by atoms with van der Waals surface area (Å²) in [5.41, 5.74) is 0. The fourth-order valence-electron chi connectivity index (χ4n) is 2.45. The van der Waals surface area contributed by atoms with Crippen molar-refractivity contribution < 1.29 is 19.4 Å². The third kappa shape index (κ3) is 20.4. The molecule has 0 rings (SSSR count). The van der Waals surface area contributed by atoms with Crippen molar-refractivity contribution in [1.29, 1.82) is 0 Å². The molecule has 0 spiro atoms. The van der Waals surface area contributed by atoms with Crippen molar-refractivity contribution in [1.82, 2.24) is 0 Å². The van der Waals surface area contributed by atoms with E-state index in [0.29, 0.717) is 6.61 Å². The molecule has 0 aliphatic carbocycles. The number of ether oxygens (including phenoxy) is 1. The molecule has 0 amide bonds. The minimum Gasteiger partial charge on any atom is -0.481 e. The average molecular weight is 353 g/mol. The largest absolute Gasteiger partial charge is 0.481 e. The molecule has 0 aromatic carbocycles. The molecule has 25 heavy (non-hydrogen) atoms. The molecule has 0 unspecified atom stereocenters. The molecule has 0 aromatic heterocycles. The van der Waals surface area contributed by atoms with E-state index in [-0.39, 0.29) is 0 Å². The van der Waals surface area contributed by atoms with Crippen LogP contribution in [0.5, 0.6) is 0 Å². The second-order valence-electron chi connectivity index (χ2n) is 6.38. The molecule has 0 fully saturated rings. The summed E-state index contributed by atoms with van der Waals surface area (Å²) in [6.07, 6.45) is 22.5. The molecular weight excluding hydrogens is 316 g/mol. The zero-order chi connectivity index (χ0) is 18.6. The molecule has 4 heteroatoms. The second kappa shape index (κ2) is 18.8. The molecule has 0 bridgehead atoms. The normalized spacial score (nSPS) is 11.4. The van der Waals surface area contributed by atoms with Crippen molar-refractivity contribution in [3.8, 4) is 0 Å². The Morgan fingerprint density at radius 2 is 1.36 bits per heavy atom. The van der Waals surface area contributed by atoms with Gasteiger partial charge in [0.2, 0.25) is 0 Å². The van der Waals surface area contributed by atoms with E-state index in [9.17, 15) is 9.59 Å². The number of unbranched alkanes of at least 4 members (excludes halogenated alkanes) is 9. The van der Waals surface area contributed by atoms with Crippen LogP contribution in [0.1, 0.15) is 90.4 Å². The van der Waals surface area contributed by atoms with Crippen LogP contribution in [0.2, 0.25) is 0 Å². The number of carbonyl (C=O) groups excluding carboxylic acids is 1. The Kier molecular flexibility index (Phi) is 17.6. The van der Waals surface area contributed by atoms with Crippen molar-refractivity contribution >= 4 is 11.9 Å². The van der Waals surface area contributed by atoms with Gasteiger partial charge in [0.1, 0.15) is 6.42 Å². The van der Waals surface area contributed by atoms with Crippen LogP contribution in [0.4, 0.5) is 0 Å². The summed E-state index contributed by atoms with van der Waals surface area (Å²) in [5, 5.41) is 8.42. The fourth-order valence-corrected chi connectivity index (χ4v) is 2.45. The summed E-state index contributed by atoms with van der Waals surface area (Å²) in [6.45, 7) is 2.56. The molecule has 0 radical (unpaired) electrons. The lowest BCUT2D eigenvalue weighted by molar-refractivity contribution is -0.151. The second-order valence-corrected chi connectivity index (χ2v) is 6.38. The highest BCUT2D eigenvalue weighted by atomic mass is 16.5. The standard InChI is InChI=1S/C21H36O4/c1-2-3-4-5-6-7-8-9-10-11-12-13-14-15-16-17-18-25-21(24)19-20(22)23/h6-7,9-10H,2-5,8,11-19H2,1H3,(H,22,23)/b7-6-,10-9-. The fraction of sp³-hybridized carbons (Fsp3) is 0.714. The Bertz CT molecular complexity index is 385. The molecule has 0 aromatic rings. The van der Waals surface area contributed by atoms with Gasteiger partial charge in [0.25, 0.3) is 0 Å². The zero-order valence-corrected chi connectivity index (χ0v) is 15.9. The van der Waals surface area contributed by atoms with Gasteiger partial charge in [-0.1, -0.05) is 69.8 Å². The number of carboxylic acids is 1. The van der Waals surface area contributed by atoms with E-state index in [2.05, 4.69) is 31.2 Å². The van der Waals surface area contributed by atoms with E-state index in [1.165, 1.54) is 44.9 Å². The predicted octanol–water partition coefficient (Wildman–Crippen LogP) is 5.82. The van der Waals surface area contributed by atoms with Crippen molar-refractivity contribution in [2.24, 2.45) is 0 Å². The van der Waals surface area contributed by atoms with Gasteiger partial charge in [-0.15, -0.1) is 0 Å². The summed E-state index contributed by atoms with van der Waals surface area (Å²) in [7, 11) is 0. The van der Waals surface area contributed by atoms with E-state index in [1.807, 2.05) is 0 Å². The molecule has 0 saturated carbocycles. The van der Waals surface area contributed by atoms with Crippen LogP contribution in [-0.2, 0) is 14.3 Å². The first-order valence-corrected chi connectivity index (χ1v) is 9.84. The lowest BCUT2D eigenvalue weighted by Crippen LogP contribution is -2.11. The molecule has 0 aliphatic heterocycles. The number of allylic oxidation sites excluding steroid dienone is 4. The molecular formula is C21H36O4. The summed E-state index contributed by atoms with van der Waals surface area (Å²) >= 11 is 0. The minimum atomic E-state index is -1.14. The topological polar surface area (TPSA) is 63.6 Å². The highest BCUT2D eigenvalue weighted by Crippen LogP contribution is 2.08. The lowest BCUT2D eigenvalue weighted by Gasteiger charge is -2.03. The first-order chi connectivity index (χ1) is 12.2. The van der Waals surface area contributed by atoms with Crippen LogP contribution in [0.25, 0.3) is 0 Å². The number of esters is 1. The summed E-state index contributed by atoms with van der Waals surface area (Å²) < 4.78 is 4.84. The first kappa shape index (κ1) is 23.4. The van der Waals surface area contributed by atoms with E-state index >= 15 is 0 Å². The first-order valence-electron chi connectivity index (χ1n) is 9.84. The molecule has 144 valence electrons. The third-order valence-corrected chi connectivity index (χ3v) is 3.90. The Hall–Kier alpha value is -1.58. The number of carbonyl (C=O) groups is 2. The Morgan fingerprint density at radius 3 is 1.96 bits per heavy atom. The number of hydrogen-bond donors (Lipinski definition) is 1.